The first-order valence-electron chi connectivity index (χ1n) is 5.96. The maximum Gasteiger partial charge on any atom is 0.184 e. The summed E-state index contributed by atoms with van der Waals surface area (Å²) in [7, 11) is -1.52. The summed E-state index contributed by atoms with van der Waals surface area (Å²) in [5.41, 5.74) is 7.16. The monoisotopic (exact) mass is 265 g/mol. The molecule has 7 heteroatoms. The zero-order valence-electron chi connectivity index (χ0n) is 11.2. The molecule has 2 rings (SSSR count). The summed E-state index contributed by atoms with van der Waals surface area (Å²) in [6, 6.07) is 0. The summed E-state index contributed by atoms with van der Waals surface area (Å²) in [4.78, 5) is 12.4. The van der Waals surface area contributed by atoms with E-state index in [0.717, 1.165) is 12.2 Å². The maximum atomic E-state index is 6.01. The Bertz CT molecular complexity index is 548. The number of nitrogen functional groups attached to an aromatic ring is 1. The van der Waals surface area contributed by atoms with Gasteiger partial charge in [0.25, 0.3) is 0 Å². The number of hydrogen-bond donors (Lipinski definition) is 1. The van der Waals surface area contributed by atoms with E-state index in [9.17, 15) is 0 Å². The minimum atomic E-state index is -1.52. The van der Waals surface area contributed by atoms with E-state index < -0.39 is 8.32 Å². The first-order valence-corrected chi connectivity index (χ1v) is 9.37. The minimum Gasteiger partial charge on any atom is -0.413 e. The predicted molar refractivity (Wildman–Crippen MR) is 73.6 cm³/mol. The molecular weight excluding hydrogens is 246 g/mol. The van der Waals surface area contributed by atoms with Crippen LogP contribution in [0.15, 0.2) is 12.7 Å². The van der Waals surface area contributed by atoms with Gasteiger partial charge in [-0.15, -0.1) is 0 Å². The van der Waals surface area contributed by atoms with E-state index in [1.165, 1.54) is 6.33 Å². The van der Waals surface area contributed by atoms with Crippen LogP contribution in [0.2, 0.25) is 19.6 Å². The Morgan fingerprint density at radius 2 is 2.06 bits per heavy atom. The van der Waals surface area contributed by atoms with Gasteiger partial charge in [-0.3, -0.25) is 0 Å². The van der Waals surface area contributed by atoms with E-state index in [1.54, 1.807) is 6.33 Å². The van der Waals surface area contributed by atoms with Crippen LogP contribution in [0.5, 0.6) is 0 Å². The van der Waals surface area contributed by atoms with Crippen molar-refractivity contribution in [1.29, 1.82) is 0 Å². The highest BCUT2D eigenvalue weighted by atomic mass is 28.4. The van der Waals surface area contributed by atoms with E-state index in [1.807, 2.05) is 4.57 Å². The molecule has 0 spiro atoms. The fourth-order valence-electron chi connectivity index (χ4n) is 1.95. The third kappa shape index (κ3) is 2.85. The molecule has 0 saturated carbocycles. The van der Waals surface area contributed by atoms with Crippen molar-refractivity contribution in [3.8, 4) is 0 Å². The zero-order valence-corrected chi connectivity index (χ0v) is 12.2. The van der Waals surface area contributed by atoms with Gasteiger partial charge in [-0.1, -0.05) is 0 Å². The number of fused-ring (bicyclic) bond motifs is 1. The van der Waals surface area contributed by atoms with Gasteiger partial charge in [0.1, 0.15) is 11.8 Å². The van der Waals surface area contributed by atoms with Gasteiger partial charge in [0.05, 0.1) is 19.0 Å². The highest BCUT2D eigenvalue weighted by molar-refractivity contribution is 6.69. The number of rotatable bonds is 4. The van der Waals surface area contributed by atoms with Crippen LogP contribution >= 0.6 is 0 Å². The standard InChI is InChI=1S/C11H19N5OSi/c1-8(17-18(2,3)4)5-16-7-15-9-10(12)13-6-14-11(9)16/h6-8H,5H2,1-4H3,(H2,12,13,14)/t8-/m0/s1. The van der Waals surface area contributed by atoms with Gasteiger partial charge in [-0.05, 0) is 26.6 Å². The summed E-state index contributed by atoms with van der Waals surface area (Å²) in [6.45, 7) is 9.31. The lowest BCUT2D eigenvalue weighted by Gasteiger charge is -2.23. The van der Waals surface area contributed by atoms with Crippen LogP contribution in [0.4, 0.5) is 5.82 Å². The van der Waals surface area contributed by atoms with E-state index in [-0.39, 0.29) is 6.10 Å². The first-order chi connectivity index (χ1) is 8.37. The molecule has 0 aliphatic carbocycles. The van der Waals surface area contributed by atoms with E-state index in [0.29, 0.717) is 11.3 Å². The van der Waals surface area contributed by atoms with Crippen LogP contribution in [0.3, 0.4) is 0 Å². The number of aromatic nitrogens is 4. The number of hydrogen-bond acceptors (Lipinski definition) is 5. The van der Waals surface area contributed by atoms with E-state index in [4.69, 9.17) is 10.2 Å². The number of imidazole rings is 1. The molecule has 0 fully saturated rings. The molecule has 2 aromatic rings. The normalized spacial score (nSPS) is 14.0. The van der Waals surface area contributed by atoms with E-state index >= 15 is 0 Å². The molecule has 0 aliphatic rings. The van der Waals surface area contributed by atoms with Crippen molar-refractivity contribution in [2.45, 2.75) is 39.2 Å². The lowest BCUT2D eigenvalue weighted by molar-refractivity contribution is 0.193. The van der Waals surface area contributed by atoms with Gasteiger partial charge in [-0.2, -0.15) is 0 Å². The molecule has 2 aromatic heterocycles. The molecule has 2 N–H and O–H groups in total. The summed E-state index contributed by atoms with van der Waals surface area (Å²) in [5.74, 6) is 0.414. The van der Waals surface area contributed by atoms with Crippen LogP contribution in [-0.4, -0.2) is 33.9 Å². The van der Waals surface area contributed by atoms with Crippen LogP contribution in [0, 0.1) is 0 Å². The summed E-state index contributed by atoms with van der Waals surface area (Å²) in [5, 5.41) is 0. The van der Waals surface area contributed by atoms with Gasteiger partial charge in [0.2, 0.25) is 0 Å². The Labute approximate surface area is 107 Å². The van der Waals surface area contributed by atoms with Crippen LogP contribution in [-0.2, 0) is 11.0 Å². The molecule has 0 saturated heterocycles. The first kappa shape index (κ1) is 13.0. The van der Waals surface area contributed by atoms with Crippen molar-refractivity contribution in [2.24, 2.45) is 0 Å². The topological polar surface area (TPSA) is 78.9 Å². The zero-order chi connectivity index (χ0) is 13.3. The smallest absolute Gasteiger partial charge is 0.184 e. The van der Waals surface area contributed by atoms with Crippen molar-refractivity contribution in [1.82, 2.24) is 19.5 Å². The quantitative estimate of drug-likeness (QED) is 0.850. The van der Waals surface area contributed by atoms with Gasteiger partial charge in [-0.25, -0.2) is 15.0 Å². The number of nitrogens with two attached hydrogens (primary N) is 1. The SMILES string of the molecule is C[C@@H](Cn1cnc2c(N)ncnc21)O[Si](C)(C)C. The third-order valence-corrected chi connectivity index (χ3v) is 3.55. The largest absolute Gasteiger partial charge is 0.413 e. The van der Waals surface area contributed by atoms with Crippen molar-refractivity contribution >= 4 is 25.3 Å². The van der Waals surface area contributed by atoms with Crippen LogP contribution in [0.1, 0.15) is 6.92 Å². The lowest BCUT2D eigenvalue weighted by atomic mass is 10.4. The van der Waals surface area contributed by atoms with Crippen LogP contribution < -0.4 is 5.73 Å². The summed E-state index contributed by atoms with van der Waals surface area (Å²) < 4.78 is 7.96. The minimum absolute atomic E-state index is 0.130. The molecule has 0 unspecified atom stereocenters. The highest BCUT2D eigenvalue weighted by Crippen LogP contribution is 2.16. The number of nitrogens with zero attached hydrogens (tertiary/aromatic N) is 4. The van der Waals surface area contributed by atoms with Gasteiger partial charge in [0, 0.05) is 0 Å². The maximum absolute atomic E-state index is 6.01. The molecular formula is C11H19N5OSi. The molecule has 18 heavy (non-hydrogen) atoms. The Morgan fingerprint density at radius 3 is 2.72 bits per heavy atom. The average molecular weight is 265 g/mol. The van der Waals surface area contributed by atoms with Gasteiger partial charge in [0.15, 0.2) is 19.8 Å². The molecule has 0 aliphatic heterocycles. The Hall–Kier alpha value is -1.47. The van der Waals surface area contributed by atoms with Gasteiger partial charge < -0.3 is 14.7 Å². The van der Waals surface area contributed by atoms with Crippen molar-refractivity contribution in [3.63, 3.8) is 0 Å². The highest BCUT2D eigenvalue weighted by Gasteiger charge is 2.19. The second-order valence-electron chi connectivity index (χ2n) is 5.37. The summed E-state index contributed by atoms with van der Waals surface area (Å²) >= 11 is 0. The third-order valence-electron chi connectivity index (χ3n) is 2.44. The summed E-state index contributed by atoms with van der Waals surface area (Å²) in [6.07, 6.45) is 3.32. The van der Waals surface area contributed by atoms with Crippen LogP contribution in [0.25, 0.3) is 11.2 Å². The molecule has 0 bridgehead atoms. The second-order valence-corrected chi connectivity index (χ2v) is 9.83. The molecule has 2 heterocycles. The average Bonchev–Trinajstić information content (AvgIpc) is 2.60. The molecule has 0 amide bonds. The molecule has 0 aromatic carbocycles. The predicted octanol–water partition coefficient (Wildman–Crippen LogP) is 1.65. The fourth-order valence-corrected chi connectivity index (χ4v) is 3.23. The second kappa shape index (κ2) is 4.66. The molecule has 1 atom stereocenters. The Kier molecular flexibility index (Phi) is 3.36. The lowest BCUT2D eigenvalue weighted by Crippen LogP contribution is -2.32. The van der Waals surface area contributed by atoms with Crippen molar-refractivity contribution < 1.29 is 4.43 Å². The van der Waals surface area contributed by atoms with Crippen molar-refractivity contribution in [2.75, 3.05) is 5.73 Å². The fraction of sp³-hybridized carbons (Fsp3) is 0.545. The molecule has 0 radical (unpaired) electrons. The number of anilines is 1. The molecule has 6 nitrogen and oxygen atoms in total. The van der Waals surface area contributed by atoms with Gasteiger partial charge >= 0.3 is 0 Å². The Morgan fingerprint density at radius 1 is 1.33 bits per heavy atom. The van der Waals surface area contributed by atoms with E-state index in [2.05, 4.69) is 41.5 Å². The Balaban J connectivity index is 2.20. The van der Waals surface area contributed by atoms with Crippen molar-refractivity contribution in [3.05, 3.63) is 12.7 Å². The molecule has 98 valence electrons.